The first kappa shape index (κ1) is 18.1. The number of benzene rings is 1. The normalized spacial score (nSPS) is 13.1. The van der Waals surface area contributed by atoms with Crippen molar-refractivity contribution in [2.45, 2.75) is 32.6 Å². The molecule has 21 heavy (non-hydrogen) atoms. The van der Waals surface area contributed by atoms with Gasteiger partial charge in [0.2, 0.25) is 0 Å². The van der Waals surface area contributed by atoms with Gasteiger partial charge < -0.3 is 9.05 Å². The maximum absolute atomic E-state index is 12.0. The molecular weight excluding hydrogens is 287 g/mol. The monoisotopic (exact) mass is 312 g/mol. The van der Waals surface area contributed by atoms with Crippen molar-refractivity contribution < 1.29 is 18.4 Å². The van der Waals surface area contributed by atoms with E-state index in [1.807, 2.05) is 25.1 Å². The molecule has 0 aromatic heterocycles. The first-order valence-corrected chi connectivity index (χ1v) is 9.00. The Morgan fingerprint density at radius 2 is 1.76 bits per heavy atom. The van der Waals surface area contributed by atoms with Crippen LogP contribution in [-0.4, -0.2) is 26.2 Å². The van der Waals surface area contributed by atoms with Crippen molar-refractivity contribution in [1.82, 2.24) is 0 Å². The number of unbranched alkanes of at least 4 members (excludes halogenated alkanes) is 1. The minimum absolute atomic E-state index is 0.0539. The second-order valence-corrected chi connectivity index (χ2v) is 7.50. The van der Waals surface area contributed by atoms with Crippen molar-refractivity contribution in [1.29, 1.82) is 0 Å². The second-order valence-electron chi connectivity index (χ2n) is 5.23. The van der Waals surface area contributed by atoms with Gasteiger partial charge in [-0.3, -0.25) is 9.36 Å². The zero-order valence-electron chi connectivity index (χ0n) is 13.1. The number of hydrogen-bond donors (Lipinski definition) is 0. The number of rotatable bonds is 10. The molecular formula is C16H25O4P. The average molecular weight is 312 g/mol. The first-order valence-electron chi connectivity index (χ1n) is 7.28. The predicted molar refractivity (Wildman–Crippen MR) is 84.7 cm³/mol. The number of carbonyl (C=O) groups is 1. The van der Waals surface area contributed by atoms with Gasteiger partial charge in [-0.15, -0.1) is 0 Å². The standard InChI is InChI=1S/C16H25O4P/c1-14(16(17)13-21(18,19-2)20-3)9-7-8-12-15-10-5-4-6-11-15/h4-6,10-11,14H,7-9,12-13H2,1-3H3. The van der Waals surface area contributed by atoms with Gasteiger partial charge in [0.15, 0.2) is 0 Å². The van der Waals surface area contributed by atoms with Crippen molar-refractivity contribution in [3.8, 4) is 0 Å². The Balaban J connectivity index is 2.28. The lowest BCUT2D eigenvalue weighted by Crippen LogP contribution is -2.16. The van der Waals surface area contributed by atoms with Crippen LogP contribution in [0.2, 0.25) is 0 Å². The van der Waals surface area contributed by atoms with Crippen LogP contribution < -0.4 is 0 Å². The van der Waals surface area contributed by atoms with Crippen LogP contribution in [0.1, 0.15) is 31.7 Å². The van der Waals surface area contributed by atoms with E-state index in [9.17, 15) is 9.36 Å². The Bertz CT molecular complexity index is 464. The Morgan fingerprint density at radius 1 is 1.14 bits per heavy atom. The number of carbonyl (C=O) groups excluding carboxylic acids is 1. The summed E-state index contributed by atoms with van der Waals surface area (Å²) >= 11 is 0. The fraction of sp³-hybridized carbons (Fsp3) is 0.562. The molecule has 1 aromatic carbocycles. The Morgan fingerprint density at radius 3 is 2.33 bits per heavy atom. The molecule has 5 heteroatoms. The Hall–Kier alpha value is -0.960. The number of hydrogen-bond acceptors (Lipinski definition) is 4. The summed E-state index contributed by atoms with van der Waals surface area (Å²) in [4.78, 5) is 12.0. The van der Waals surface area contributed by atoms with E-state index < -0.39 is 7.60 Å². The third-order valence-electron chi connectivity index (χ3n) is 3.65. The zero-order valence-corrected chi connectivity index (χ0v) is 14.0. The molecule has 0 radical (unpaired) electrons. The zero-order chi connectivity index (χ0) is 15.7. The second kappa shape index (κ2) is 9.14. The highest BCUT2D eigenvalue weighted by Gasteiger charge is 2.27. The van der Waals surface area contributed by atoms with Gasteiger partial charge in [-0.25, -0.2) is 0 Å². The highest BCUT2D eigenvalue weighted by atomic mass is 31.2. The van der Waals surface area contributed by atoms with Crippen molar-refractivity contribution in [3.63, 3.8) is 0 Å². The van der Waals surface area contributed by atoms with Crippen LogP contribution in [0.4, 0.5) is 0 Å². The van der Waals surface area contributed by atoms with Crippen LogP contribution in [0.3, 0.4) is 0 Å². The molecule has 0 saturated carbocycles. The van der Waals surface area contributed by atoms with Crippen LogP contribution >= 0.6 is 7.60 Å². The van der Waals surface area contributed by atoms with Gasteiger partial charge >= 0.3 is 7.60 Å². The molecule has 0 heterocycles. The maximum Gasteiger partial charge on any atom is 0.337 e. The molecule has 0 aliphatic carbocycles. The van der Waals surface area contributed by atoms with Crippen LogP contribution in [0.15, 0.2) is 30.3 Å². The summed E-state index contributed by atoms with van der Waals surface area (Å²) in [5.74, 6) is -0.166. The molecule has 0 fully saturated rings. The van der Waals surface area contributed by atoms with E-state index in [-0.39, 0.29) is 17.9 Å². The van der Waals surface area contributed by atoms with E-state index in [2.05, 4.69) is 12.1 Å². The SMILES string of the molecule is COP(=O)(CC(=O)C(C)CCCCc1ccccc1)OC. The fourth-order valence-electron chi connectivity index (χ4n) is 2.14. The molecule has 1 atom stereocenters. The van der Waals surface area contributed by atoms with Crippen LogP contribution in [-0.2, 0) is 24.8 Å². The van der Waals surface area contributed by atoms with E-state index in [0.29, 0.717) is 0 Å². The van der Waals surface area contributed by atoms with Gasteiger partial charge in [0.05, 0.1) is 0 Å². The van der Waals surface area contributed by atoms with Crippen LogP contribution in [0, 0.1) is 5.92 Å². The minimum atomic E-state index is -3.23. The van der Waals surface area contributed by atoms with E-state index >= 15 is 0 Å². The first-order chi connectivity index (χ1) is 10.0. The molecule has 4 nitrogen and oxygen atoms in total. The number of ketones is 1. The molecule has 0 bridgehead atoms. The largest absolute Gasteiger partial charge is 0.337 e. The summed E-state index contributed by atoms with van der Waals surface area (Å²) < 4.78 is 21.5. The predicted octanol–water partition coefficient (Wildman–Crippen LogP) is 4.09. The summed E-state index contributed by atoms with van der Waals surface area (Å²) in [6.45, 7) is 1.88. The third-order valence-corrected chi connectivity index (χ3v) is 5.46. The molecule has 1 aromatic rings. The van der Waals surface area contributed by atoms with Crippen LogP contribution in [0.25, 0.3) is 0 Å². The molecule has 0 saturated heterocycles. The summed E-state index contributed by atoms with van der Waals surface area (Å²) in [7, 11) is -0.612. The lowest BCUT2D eigenvalue weighted by molar-refractivity contribution is -0.120. The van der Waals surface area contributed by atoms with Crippen molar-refractivity contribution in [2.24, 2.45) is 5.92 Å². The van der Waals surface area contributed by atoms with Gasteiger partial charge in [-0.2, -0.15) is 0 Å². The van der Waals surface area contributed by atoms with Crippen molar-refractivity contribution in [3.05, 3.63) is 35.9 Å². The van der Waals surface area contributed by atoms with Crippen molar-refractivity contribution in [2.75, 3.05) is 20.4 Å². The molecule has 0 aliphatic rings. The fourth-order valence-corrected chi connectivity index (χ4v) is 3.24. The topological polar surface area (TPSA) is 52.6 Å². The number of aryl methyl sites for hydroxylation is 1. The van der Waals surface area contributed by atoms with Gasteiger partial charge in [0, 0.05) is 20.1 Å². The molecule has 1 rings (SSSR count). The minimum Gasteiger partial charge on any atom is -0.312 e. The van der Waals surface area contributed by atoms with Crippen LogP contribution in [0.5, 0.6) is 0 Å². The van der Waals surface area contributed by atoms with E-state index in [1.165, 1.54) is 19.8 Å². The van der Waals surface area contributed by atoms with Gasteiger partial charge in [-0.1, -0.05) is 43.7 Å². The summed E-state index contributed by atoms with van der Waals surface area (Å²) in [6, 6.07) is 10.3. The molecule has 0 amide bonds. The highest BCUT2D eigenvalue weighted by Crippen LogP contribution is 2.46. The lowest BCUT2D eigenvalue weighted by atomic mass is 9.98. The molecule has 0 N–H and O–H groups in total. The van der Waals surface area contributed by atoms with E-state index in [4.69, 9.17) is 9.05 Å². The summed E-state index contributed by atoms with van der Waals surface area (Å²) in [6.07, 6.45) is 3.72. The molecule has 1 unspecified atom stereocenters. The third kappa shape index (κ3) is 6.56. The molecule has 0 aliphatic heterocycles. The smallest absolute Gasteiger partial charge is 0.312 e. The summed E-state index contributed by atoms with van der Waals surface area (Å²) in [5.41, 5.74) is 1.32. The van der Waals surface area contributed by atoms with Gasteiger partial charge in [0.1, 0.15) is 11.9 Å². The maximum atomic E-state index is 12.0. The Labute approximate surface area is 127 Å². The van der Waals surface area contributed by atoms with Gasteiger partial charge in [0.25, 0.3) is 0 Å². The number of Topliss-reactive ketones (excluding diaryl/α,β-unsaturated/α-hetero) is 1. The average Bonchev–Trinajstić information content (AvgIpc) is 2.52. The summed E-state index contributed by atoms with van der Waals surface area (Å²) in [5, 5.41) is 0. The van der Waals surface area contributed by atoms with Gasteiger partial charge in [-0.05, 0) is 24.8 Å². The lowest BCUT2D eigenvalue weighted by Gasteiger charge is -2.15. The van der Waals surface area contributed by atoms with E-state index in [1.54, 1.807) is 0 Å². The molecule has 0 spiro atoms. The van der Waals surface area contributed by atoms with E-state index in [0.717, 1.165) is 25.7 Å². The molecule has 118 valence electrons. The Kier molecular flexibility index (Phi) is 7.87. The van der Waals surface area contributed by atoms with Crippen molar-refractivity contribution >= 4 is 13.4 Å². The highest BCUT2D eigenvalue weighted by molar-refractivity contribution is 7.54. The quantitative estimate of drug-likeness (QED) is 0.482.